The molecule has 1 aliphatic carbocycles. The number of nitrogens with two attached hydrogens (primary N) is 1. The maximum atomic E-state index is 11.6. The van der Waals surface area contributed by atoms with Gasteiger partial charge in [-0.05, 0) is 59.4 Å². The number of carbonyl (C=O) groups excluding carboxylic acids is 1. The van der Waals surface area contributed by atoms with Crippen LogP contribution in [0.15, 0.2) is 102 Å². The molecular weight excluding hydrogens is 709 g/mol. The summed E-state index contributed by atoms with van der Waals surface area (Å²) in [6.45, 7) is 2.36. The summed E-state index contributed by atoms with van der Waals surface area (Å²) in [5, 5.41) is 21.8. The van der Waals surface area contributed by atoms with Crippen LogP contribution >= 0.6 is 23.2 Å². The van der Waals surface area contributed by atoms with E-state index in [1.54, 1.807) is 19.4 Å². The molecule has 1 amide bonds. The summed E-state index contributed by atoms with van der Waals surface area (Å²) in [5.41, 5.74) is 14.9. The normalized spacial score (nSPS) is 17.1. The molecule has 12 heteroatoms. The second kappa shape index (κ2) is 16.2. The number of aromatic nitrogens is 3. The lowest BCUT2D eigenvalue weighted by Gasteiger charge is -2.24. The lowest BCUT2D eigenvalue weighted by Crippen LogP contribution is -2.35. The number of alkyl halides is 1. The molecule has 1 fully saturated rings. The van der Waals surface area contributed by atoms with Crippen LogP contribution in [0.25, 0.3) is 33.2 Å². The first kappa shape index (κ1) is 36.2. The van der Waals surface area contributed by atoms with E-state index in [1.165, 1.54) is 6.20 Å². The molecule has 0 bridgehead atoms. The first-order chi connectivity index (χ1) is 25.8. The molecule has 7 rings (SSSR count). The zero-order valence-electron chi connectivity index (χ0n) is 29.2. The molecule has 0 saturated carbocycles. The van der Waals surface area contributed by atoms with Crippen LogP contribution in [0.5, 0.6) is 5.75 Å². The Morgan fingerprint density at radius 2 is 1.92 bits per heavy atom. The van der Waals surface area contributed by atoms with Crippen LogP contribution in [0.2, 0.25) is 5.02 Å². The largest absolute Gasteiger partial charge is 0.496 e. The molecule has 1 aliphatic heterocycles. The van der Waals surface area contributed by atoms with Crippen molar-refractivity contribution in [2.45, 2.75) is 50.4 Å². The summed E-state index contributed by atoms with van der Waals surface area (Å²) >= 11 is 14.1. The Morgan fingerprint density at radius 1 is 1.09 bits per heavy atom. The number of methoxy groups -OCH3 is 1. The van der Waals surface area contributed by atoms with Crippen molar-refractivity contribution in [1.82, 2.24) is 25.4 Å². The molecule has 2 aliphatic rings. The van der Waals surface area contributed by atoms with Crippen LogP contribution in [-0.2, 0) is 29.2 Å². The summed E-state index contributed by atoms with van der Waals surface area (Å²) in [4.78, 5) is 15.7. The molecule has 4 N–H and O–H groups in total. The number of benzene rings is 3. The molecule has 2 aromatic heterocycles. The number of halogens is 2. The van der Waals surface area contributed by atoms with Crippen molar-refractivity contribution in [2.75, 3.05) is 20.2 Å². The van der Waals surface area contributed by atoms with Crippen LogP contribution in [0.3, 0.4) is 0 Å². The van der Waals surface area contributed by atoms with E-state index in [1.807, 2.05) is 53.4 Å². The van der Waals surface area contributed by atoms with Gasteiger partial charge in [-0.2, -0.15) is 10.4 Å². The van der Waals surface area contributed by atoms with Gasteiger partial charge in [0.1, 0.15) is 24.2 Å². The molecule has 10 nitrogen and oxygen atoms in total. The molecule has 2 unspecified atom stereocenters. The molecule has 2 atom stereocenters. The van der Waals surface area contributed by atoms with Gasteiger partial charge in [0.25, 0.3) is 0 Å². The number of hydrogen-bond acceptors (Lipinski definition) is 8. The van der Waals surface area contributed by atoms with Crippen LogP contribution in [0.4, 0.5) is 0 Å². The Kier molecular flexibility index (Phi) is 11.1. The van der Waals surface area contributed by atoms with E-state index in [-0.39, 0.29) is 23.9 Å². The maximum absolute atomic E-state index is 11.6. The summed E-state index contributed by atoms with van der Waals surface area (Å²) in [5.74, 6) is 1.56. The van der Waals surface area contributed by atoms with Gasteiger partial charge in [0.2, 0.25) is 5.91 Å². The molecule has 0 spiro atoms. The number of amides is 1. The molecule has 3 heterocycles. The number of rotatable bonds is 13. The van der Waals surface area contributed by atoms with Crippen molar-refractivity contribution in [3.05, 3.63) is 124 Å². The fourth-order valence-corrected chi connectivity index (χ4v) is 7.59. The van der Waals surface area contributed by atoms with Crippen molar-refractivity contribution in [2.24, 2.45) is 5.73 Å². The van der Waals surface area contributed by atoms with Gasteiger partial charge in [-0.25, -0.2) is 0 Å². The SMILES string of the molecule is COc1cc(-c2cccc(-c3cccc4c3cnn4CC3=CC(OCc4cncc(C#N)c4)=C(CN)CC3Cl)c2Cl)ccc1CNCC1CCC(=O)N1. The quantitative estimate of drug-likeness (QED) is 0.109. The molecule has 5 aromatic rings. The zero-order valence-corrected chi connectivity index (χ0v) is 30.8. The van der Waals surface area contributed by atoms with Crippen molar-refractivity contribution in [1.29, 1.82) is 5.26 Å². The lowest BCUT2D eigenvalue weighted by atomic mass is 9.95. The van der Waals surface area contributed by atoms with Crippen molar-refractivity contribution < 1.29 is 14.3 Å². The van der Waals surface area contributed by atoms with Crippen LogP contribution in [-0.4, -0.2) is 52.3 Å². The number of carbonyl (C=O) groups is 1. The Morgan fingerprint density at radius 3 is 2.72 bits per heavy atom. The maximum Gasteiger partial charge on any atom is 0.220 e. The number of allylic oxidation sites excluding steroid dienone is 2. The predicted molar refractivity (Wildman–Crippen MR) is 207 cm³/mol. The summed E-state index contributed by atoms with van der Waals surface area (Å²) in [6, 6.07) is 22.3. The topological polar surface area (TPSA) is 140 Å². The van der Waals surface area contributed by atoms with Crippen LogP contribution in [0.1, 0.15) is 36.0 Å². The van der Waals surface area contributed by atoms with Gasteiger partial charge < -0.3 is 25.8 Å². The van der Waals surface area contributed by atoms with Gasteiger partial charge in [0.05, 0.1) is 41.3 Å². The second-order valence-corrected chi connectivity index (χ2v) is 14.1. The third kappa shape index (κ3) is 7.94. The highest BCUT2D eigenvalue weighted by Gasteiger charge is 2.24. The van der Waals surface area contributed by atoms with E-state index in [0.717, 1.165) is 67.6 Å². The van der Waals surface area contributed by atoms with Crippen molar-refractivity contribution >= 4 is 40.0 Å². The van der Waals surface area contributed by atoms with Gasteiger partial charge in [-0.3, -0.25) is 14.5 Å². The van der Waals surface area contributed by atoms with E-state index in [4.69, 9.17) is 43.5 Å². The van der Waals surface area contributed by atoms with E-state index in [2.05, 4.69) is 39.9 Å². The molecule has 53 heavy (non-hydrogen) atoms. The van der Waals surface area contributed by atoms with Crippen molar-refractivity contribution in [3.8, 4) is 34.1 Å². The van der Waals surface area contributed by atoms with Gasteiger partial charge >= 0.3 is 0 Å². The molecule has 270 valence electrons. The third-order valence-corrected chi connectivity index (χ3v) is 10.6. The minimum Gasteiger partial charge on any atom is -0.496 e. The van der Waals surface area contributed by atoms with E-state index < -0.39 is 0 Å². The van der Waals surface area contributed by atoms with Crippen LogP contribution in [0, 0.1) is 11.3 Å². The first-order valence-corrected chi connectivity index (χ1v) is 18.3. The second-order valence-electron chi connectivity index (χ2n) is 13.2. The number of nitrogens with one attached hydrogen (secondary N) is 2. The highest BCUT2D eigenvalue weighted by molar-refractivity contribution is 6.36. The molecule has 3 aromatic carbocycles. The number of pyridine rings is 1. The van der Waals surface area contributed by atoms with Gasteiger partial charge in [-0.1, -0.05) is 54.1 Å². The van der Waals surface area contributed by atoms with Crippen LogP contribution < -0.4 is 21.1 Å². The van der Waals surface area contributed by atoms with Crippen molar-refractivity contribution in [3.63, 3.8) is 0 Å². The minimum absolute atomic E-state index is 0.111. The smallest absolute Gasteiger partial charge is 0.220 e. The summed E-state index contributed by atoms with van der Waals surface area (Å²) in [7, 11) is 1.67. The Labute approximate surface area is 318 Å². The molecular formula is C41H39Cl2N7O3. The summed E-state index contributed by atoms with van der Waals surface area (Å²) in [6.07, 6.45) is 9.04. The first-order valence-electron chi connectivity index (χ1n) is 17.5. The predicted octanol–water partition coefficient (Wildman–Crippen LogP) is 7.03. The van der Waals surface area contributed by atoms with E-state index in [0.29, 0.717) is 55.4 Å². The van der Waals surface area contributed by atoms with E-state index in [9.17, 15) is 10.1 Å². The number of ether oxygens (including phenoxy) is 2. The Balaban J connectivity index is 1.11. The number of hydrogen-bond donors (Lipinski definition) is 3. The van der Waals surface area contributed by atoms with Gasteiger partial charge in [0, 0.05) is 72.1 Å². The zero-order chi connectivity index (χ0) is 36.9. The third-order valence-electron chi connectivity index (χ3n) is 9.76. The lowest BCUT2D eigenvalue weighted by molar-refractivity contribution is -0.119. The van der Waals surface area contributed by atoms with Gasteiger partial charge in [0.15, 0.2) is 0 Å². The summed E-state index contributed by atoms with van der Waals surface area (Å²) < 4.78 is 13.9. The molecule has 1 saturated heterocycles. The van der Waals surface area contributed by atoms with Gasteiger partial charge in [-0.15, -0.1) is 11.6 Å². The minimum atomic E-state index is -0.271. The molecule has 0 radical (unpaired) electrons. The Hall–Kier alpha value is -5.18. The number of fused-ring (bicyclic) bond motifs is 1. The standard InChI is InChI=1S/C41H39Cl2N7O3/c1-52-38-14-27(8-9-28(38)20-47-21-31-10-11-40(51)49-31)32-4-2-6-34(41(32)43)33-5-3-7-37-35(33)22-48-50(37)23-30-15-39(29(17-45)13-36(30)42)53-24-26-12-25(16-44)18-46-19-26/h2-9,12,14-15,18-19,22,31,36,47H,10-11,13,17,20-21,23-24,45H2,1H3,(H,49,51). The average Bonchev–Trinajstić information content (AvgIpc) is 3.80. The highest BCUT2D eigenvalue weighted by Crippen LogP contribution is 2.41. The fourth-order valence-electron chi connectivity index (χ4n) is 6.94. The monoisotopic (exact) mass is 747 g/mol. The average molecular weight is 749 g/mol. The fraction of sp³-hybridized carbons (Fsp3) is 0.268. The number of nitriles is 1. The Bertz CT molecular complexity index is 2280. The van der Waals surface area contributed by atoms with E-state index >= 15 is 0 Å². The highest BCUT2D eigenvalue weighted by atomic mass is 35.5. The number of nitrogens with zero attached hydrogens (tertiary/aromatic N) is 4.